The second-order valence-electron chi connectivity index (χ2n) is 5.78. The molecule has 2 N–H and O–H groups in total. The van der Waals surface area contributed by atoms with Gasteiger partial charge in [-0.25, -0.2) is 4.98 Å². The third-order valence-corrected chi connectivity index (χ3v) is 4.64. The molecule has 0 bridgehead atoms. The van der Waals surface area contributed by atoms with Gasteiger partial charge in [-0.15, -0.1) is 0 Å². The lowest BCUT2D eigenvalue weighted by atomic mass is 10.1. The van der Waals surface area contributed by atoms with Crippen molar-refractivity contribution in [2.24, 2.45) is 0 Å². The first-order chi connectivity index (χ1) is 12.8. The maximum absolute atomic E-state index is 13.0. The first kappa shape index (κ1) is 21.0. The molecule has 0 fully saturated rings. The monoisotopic (exact) mass is 399 g/mol. The molecule has 1 heterocycles. The number of H-pyrrole nitrogens is 1. The van der Waals surface area contributed by atoms with Gasteiger partial charge in [0.05, 0.1) is 22.7 Å². The predicted molar refractivity (Wildman–Crippen MR) is 99.0 cm³/mol. The Morgan fingerprint density at radius 1 is 1.26 bits per heavy atom. The van der Waals surface area contributed by atoms with Crippen molar-refractivity contribution in [1.82, 2.24) is 9.97 Å². The maximum Gasteiger partial charge on any atom is 0.418 e. The minimum atomic E-state index is -4.56. The van der Waals surface area contributed by atoms with Crippen molar-refractivity contribution in [3.8, 4) is 0 Å². The van der Waals surface area contributed by atoms with E-state index in [4.69, 9.17) is 0 Å². The summed E-state index contributed by atoms with van der Waals surface area (Å²) >= 11 is 0.975. The molecule has 0 saturated carbocycles. The second-order valence-corrected chi connectivity index (χ2v) is 6.74. The number of hydrogen-bond acceptors (Lipinski definition) is 4. The van der Waals surface area contributed by atoms with Crippen molar-refractivity contribution in [1.29, 1.82) is 0 Å². The molecule has 0 saturated heterocycles. The van der Waals surface area contributed by atoms with Gasteiger partial charge in [0.15, 0.2) is 5.16 Å². The largest absolute Gasteiger partial charge is 0.418 e. The molecule has 1 aromatic heterocycles. The normalized spacial score (nSPS) is 11.4. The number of alkyl halides is 3. The highest BCUT2D eigenvalue weighted by molar-refractivity contribution is 7.99. The van der Waals surface area contributed by atoms with E-state index in [1.165, 1.54) is 18.2 Å². The molecule has 2 rings (SSSR count). The van der Waals surface area contributed by atoms with E-state index in [0.29, 0.717) is 24.1 Å². The summed E-state index contributed by atoms with van der Waals surface area (Å²) < 4.78 is 38.9. The van der Waals surface area contributed by atoms with E-state index in [2.05, 4.69) is 15.3 Å². The minimum Gasteiger partial charge on any atom is -0.325 e. The summed E-state index contributed by atoms with van der Waals surface area (Å²) in [5.74, 6) is -0.789. The molecule has 27 heavy (non-hydrogen) atoms. The zero-order valence-corrected chi connectivity index (χ0v) is 15.8. The third kappa shape index (κ3) is 5.59. The van der Waals surface area contributed by atoms with Gasteiger partial charge in [-0.2, -0.15) is 13.2 Å². The van der Waals surface area contributed by atoms with Crippen LogP contribution in [0.1, 0.15) is 37.1 Å². The Hall–Kier alpha value is -2.29. The molecule has 1 aromatic carbocycles. The van der Waals surface area contributed by atoms with Gasteiger partial charge in [0.1, 0.15) is 0 Å². The number of aryl methyl sites for hydroxylation is 1. The Balaban J connectivity index is 2.10. The highest BCUT2D eigenvalue weighted by Crippen LogP contribution is 2.34. The molecule has 0 spiro atoms. The number of para-hydroxylation sites is 1. The van der Waals surface area contributed by atoms with Crippen LogP contribution in [0.5, 0.6) is 0 Å². The van der Waals surface area contributed by atoms with Crippen molar-refractivity contribution in [2.75, 3.05) is 11.1 Å². The van der Waals surface area contributed by atoms with Gasteiger partial charge in [-0.3, -0.25) is 9.59 Å². The number of carbonyl (C=O) groups is 1. The van der Waals surface area contributed by atoms with Gasteiger partial charge >= 0.3 is 6.18 Å². The van der Waals surface area contributed by atoms with E-state index in [0.717, 1.165) is 24.2 Å². The predicted octanol–water partition coefficient (Wildman–Crippen LogP) is 4.03. The lowest BCUT2D eigenvalue weighted by Gasteiger charge is -2.13. The molecule has 1 amide bonds. The van der Waals surface area contributed by atoms with Crippen LogP contribution < -0.4 is 10.9 Å². The molecule has 5 nitrogen and oxygen atoms in total. The summed E-state index contributed by atoms with van der Waals surface area (Å²) in [5, 5.41) is 2.54. The lowest BCUT2D eigenvalue weighted by Crippen LogP contribution is -2.20. The quantitative estimate of drug-likeness (QED) is 0.544. The highest BCUT2D eigenvalue weighted by atomic mass is 32.2. The number of carbonyl (C=O) groups excluding carboxylic acids is 1. The average molecular weight is 399 g/mol. The molecule has 146 valence electrons. The average Bonchev–Trinajstić information content (AvgIpc) is 2.60. The summed E-state index contributed by atoms with van der Waals surface area (Å²) in [4.78, 5) is 31.2. The summed E-state index contributed by atoms with van der Waals surface area (Å²) in [7, 11) is 0. The molecule has 0 radical (unpaired) electrons. The fraction of sp³-hybridized carbons (Fsp3) is 0.389. The zero-order valence-electron chi connectivity index (χ0n) is 14.9. The fourth-order valence-electron chi connectivity index (χ4n) is 2.56. The van der Waals surface area contributed by atoms with Crippen LogP contribution in [0.4, 0.5) is 18.9 Å². The molecule has 2 aromatic rings. The minimum absolute atomic E-state index is 0.174. The van der Waals surface area contributed by atoms with Gasteiger partial charge in [0.2, 0.25) is 5.91 Å². The van der Waals surface area contributed by atoms with Gasteiger partial charge < -0.3 is 10.3 Å². The van der Waals surface area contributed by atoms with Crippen LogP contribution in [0.15, 0.2) is 34.2 Å². The molecular weight excluding hydrogens is 379 g/mol. The first-order valence-electron chi connectivity index (χ1n) is 8.47. The molecule has 0 atom stereocenters. The number of hydrogen-bond donors (Lipinski definition) is 2. The number of rotatable bonds is 7. The second kappa shape index (κ2) is 9.07. The molecule has 0 aliphatic rings. The molecule has 0 unspecified atom stereocenters. The first-order valence-corrected chi connectivity index (χ1v) is 9.45. The number of aromatic amines is 1. The van der Waals surface area contributed by atoms with Crippen LogP contribution in [0.25, 0.3) is 0 Å². The van der Waals surface area contributed by atoms with Gasteiger partial charge in [0, 0.05) is 5.56 Å². The standard InChI is InChI=1S/C18H20F3N3O2S/c1-3-7-13-11(4-2)16(26)24-17(23-13)27-10-15(25)22-14-9-6-5-8-12(14)18(19,20)21/h5-6,8-9H,3-4,7,10H2,1-2H3,(H,22,25)(H,23,24,26). The zero-order chi connectivity index (χ0) is 20.0. The number of nitrogens with one attached hydrogen (secondary N) is 2. The van der Waals surface area contributed by atoms with Gasteiger partial charge in [-0.1, -0.05) is 44.2 Å². The number of amides is 1. The van der Waals surface area contributed by atoms with Crippen molar-refractivity contribution >= 4 is 23.4 Å². The Morgan fingerprint density at radius 2 is 1.96 bits per heavy atom. The number of anilines is 1. The number of benzene rings is 1. The molecular formula is C18H20F3N3O2S. The van der Waals surface area contributed by atoms with Crippen molar-refractivity contribution in [2.45, 2.75) is 44.4 Å². The van der Waals surface area contributed by atoms with Crippen LogP contribution in [0.2, 0.25) is 0 Å². The molecule has 0 aliphatic heterocycles. The highest BCUT2D eigenvalue weighted by Gasteiger charge is 2.33. The lowest BCUT2D eigenvalue weighted by molar-refractivity contribution is -0.137. The van der Waals surface area contributed by atoms with E-state index in [-0.39, 0.29) is 22.2 Å². The number of thioether (sulfide) groups is 1. The Labute approximate surface area is 158 Å². The smallest absolute Gasteiger partial charge is 0.325 e. The van der Waals surface area contributed by atoms with Gasteiger partial charge in [0.25, 0.3) is 5.56 Å². The third-order valence-electron chi connectivity index (χ3n) is 3.77. The van der Waals surface area contributed by atoms with E-state index in [1.807, 2.05) is 13.8 Å². The van der Waals surface area contributed by atoms with Crippen LogP contribution in [-0.4, -0.2) is 21.6 Å². The number of halogens is 3. The summed E-state index contributed by atoms with van der Waals surface area (Å²) in [5.41, 5.74) is -0.155. The Kier molecular flexibility index (Phi) is 7.06. The number of aromatic nitrogens is 2. The van der Waals surface area contributed by atoms with Crippen LogP contribution in [0.3, 0.4) is 0 Å². The van der Waals surface area contributed by atoms with E-state index < -0.39 is 17.6 Å². The molecule has 0 aliphatic carbocycles. The van der Waals surface area contributed by atoms with E-state index in [1.54, 1.807) is 0 Å². The Bertz CT molecular complexity index is 866. The van der Waals surface area contributed by atoms with Crippen LogP contribution in [0, 0.1) is 0 Å². The molecule has 9 heteroatoms. The number of nitrogens with zero attached hydrogens (tertiary/aromatic N) is 1. The van der Waals surface area contributed by atoms with E-state index >= 15 is 0 Å². The SMILES string of the molecule is CCCc1nc(SCC(=O)Nc2ccccc2C(F)(F)F)[nH]c(=O)c1CC. The maximum atomic E-state index is 13.0. The Morgan fingerprint density at radius 3 is 2.59 bits per heavy atom. The van der Waals surface area contributed by atoms with Crippen molar-refractivity contribution < 1.29 is 18.0 Å². The fourth-order valence-corrected chi connectivity index (χ4v) is 3.24. The van der Waals surface area contributed by atoms with Crippen LogP contribution in [-0.2, 0) is 23.8 Å². The van der Waals surface area contributed by atoms with Crippen LogP contribution >= 0.6 is 11.8 Å². The van der Waals surface area contributed by atoms with E-state index in [9.17, 15) is 22.8 Å². The summed E-state index contributed by atoms with van der Waals surface area (Å²) in [6.45, 7) is 3.84. The van der Waals surface area contributed by atoms with Crippen molar-refractivity contribution in [3.05, 3.63) is 51.4 Å². The summed E-state index contributed by atoms with van der Waals surface area (Å²) in [6, 6.07) is 4.77. The summed E-state index contributed by atoms with van der Waals surface area (Å²) in [6.07, 6.45) is -2.54. The van der Waals surface area contributed by atoms with Gasteiger partial charge in [-0.05, 0) is 25.0 Å². The topological polar surface area (TPSA) is 74.8 Å². The van der Waals surface area contributed by atoms with Crippen molar-refractivity contribution in [3.63, 3.8) is 0 Å².